The predicted octanol–water partition coefficient (Wildman–Crippen LogP) is 4.48. The van der Waals surface area contributed by atoms with E-state index in [1.165, 1.54) is 11.6 Å². The SMILES string of the molecule is CC1=CC(Br)=CN(Cc2c(F)cccc2Cl)C1. The topological polar surface area (TPSA) is 3.24 Å². The third-order valence-electron chi connectivity index (χ3n) is 2.57. The molecule has 1 heterocycles. The molecule has 1 nitrogen and oxygen atoms in total. The third-order valence-corrected chi connectivity index (χ3v) is 3.35. The van der Waals surface area contributed by atoms with E-state index in [4.69, 9.17) is 11.6 Å². The Balaban J connectivity index is 2.20. The van der Waals surface area contributed by atoms with Gasteiger partial charge in [-0.1, -0.05) is 23.2 Å². The van der Waals surface area contributed by atoms with E-state index >= 15 is 0 Å². The fourth-order valence-electron chi connectivity index (χ4n) is 1.85. The predicted molar refractivity (Wildman–Crippen MR) is 72.6 cm³/mol. The van der Waals surface area contributed by atoms with Gasteiger partial charge in [0, 0.05) is 34.4 Å². The lowest BCUT2D eigenvalue weighted by Gasteiger charge is -2.25. The second-order valence-electron chi connectivity index (χ2n) is 4.11. The molecule has 90 valence electrons. The van der Waals surface area contributed by atoms with Gasteiger partial charge in [-0.25, -0.2) is 4.39 Å². The molecule has 0 saturated carbocycles. The van der Waals surface area contributed by atoms with Crippen molar-refractivity contribution in [1.29, 1.82) is 0 Å². The zero-order valence-electron chi connectivity index (χ0n) is 9.38. The average molecular weight is 317 g/mol. The molecule has 0 aliphatic carbocycles. The van der Waals surface area contributed by atoms with Crippen molar-refractivity contribution in [3.8, 4) is 0 Å². The van der Waals surface area contributed by atoms with Crippen LogP contribution in [0.1, 0.15) is 12.5 Å². The number of hydrogen-bond acceptors (Lipinski definition) is 1. The van der Waals surface area contributed by atoms with Gasteiger partial charge in [0.25, 0.3) is 0 Å². The molecule has 1 aromatic rings. The molecule has 1 aromatic carbocycles. The molecule has 0 spiro atoms. The van der Waals surface area contributed by atoms with Crippen LogP contribution in [-0.2, 0) is 6.54 Å². The van der Waals surface area contributed by atoms with Crippen molar-refractivity contribution in [2.75, 3.05) is 6.54 Å². The van der Waals surface area contributed by atoms with Gasteiger partial charge in [-0.2, -0.15) is 0 Å². The number of hydrogen-bond donors (Lipinski definition) is 0. The van der Waals surface area contributed by atoms with Gasteiger partial charge in [0.2, 0.25) is 0 Å². The largest absolute Gasteiger partial charge is 0.368 e. The van der Waals surface area contributed by atoms with Gasteiger partial charge in [0.15, 0.2) is 0 Å². The molecule has 0 saturated heterocycles. The molecule has 17 heavy (non-hydrogen) atoms. The molecule has 0 atom stereocenters. The van der Waals surface area contributed by atoms with Gasteiger partial charge in [0.05, 0.1) is 0 Å². The van der Waals surface area contributed by atoms with E-state index in [1.807, 2.05) is 18.0 Å². The lowest BCUT2D eigenvalue weighted by Crippen LogP contribution is -2.22. The summed E-state index contributed by atoms with van der Waals surface area (Å²) in [7, 11) is 0. The van der Waals surface area contributed by atoms with Gasteiger partial charge in [-0.15, -0.1) is 0 Å². The summed E-state index contributed by atoms with van der Waals surface area (Å²) in [5, 5.41) is 0.474. The molecule has 0 bridgehead atoms. The Morgan fingerprint density at radius 1 is 1.47 bits per heavy atom. The molecule has 2 rings (SSSR count). The van der Waals surface area contributed by atoms with Crippen LogP contribution in [0.25, 0.3) is 0 Å². The van der Waals surface area contributed by atoms with E-state index in [1.54, 1.807) is 12.1 Å². The average Bonchev–Trinajstić information content (AvgIpc) is 2.22. The fourth-order valence-corrected chi connectivity index (χ4v) is 2.75. The maximum absolute atomic E-state index is 13.6. The van der Waals surface area contributed by atoms with Gasteiger partial charge < -0.3 is 4.90 Å². The molecule has 0 fully saturated rings. The summed E-state index contributed by atoms with van der Waals surface area (Å²) in [5.74, 6) is -0.255. The van der Waals surface area contributed by atoms with Crippen LogP contribution in [0.2, 0.25) is 5.02 Å². The summed E-state index contributed by atoms with van der Waals surface area (Å²) in [5.41, 5.74) is 1.77. The lowest BCUT2D eigenvalue weighted by molar-refractivity contribution is 0.386. The molecule has 0 aromatic heterocycles. The van der Waals surface area contributed by atoms with E-state index in [9.17, 15) is 4.39 Å². The van der Waals surface area contributed by atoms with Crippen molar-refractivity contribution in [3.05, 3.63) is 56.9 Å². The van der Waals surface area contributed by atoms with Crippen molar-refractivity contribution in [3.63, 3.8) is 0 Å². The van der Waals surface area contributed by atoms with Crippen LogP contribution >= 0.6 is 27.5 Å². The number of nitrogens with zero attached hydrogens (tertiary/aromatic N) is 1. The highest BCUT2D eigenvalue weighted by Gasteiger charge is 2.13. The first kappa shape index (κ1) is 12.7. The smallest absolute Gasteiger partial charge is 0.129 e. The Labute approximate surface area is 114 Å². The van der Waals surface area contributed by atoms with Crippen LogP contribution in [0.5, 0.6) is 0 Å². The Morgan fingerprint density at radius 2 is 2.24 bits per heavy atom. The quantitative estimate of drug-likeness (QED) is 0.777. The molecule has 1 aliphatic rings. The Morgan fingerprint density at radius 3 is 2.88 bits per heavy atom. The Hall–Kier alpha value is -0.800. The van der Waals surface area contributed by atoms with Crippen LogP contribution < -0.4 is 0 Å². The highest BCUT2D eigenvalue weighted by molar-refractivity contribution is 9.11. The lowest BCUT2D eigenvalue weighted by atomic mass is 10.1. The Kier molecular flexibility index (Phi) is 3.89. The minimum absolute atomic E-state index is 0.255. The van der Waals surface area contributed by atoms with Crippen molar-refractivity contribution < 1.29 is 4.39 Å². The monoisotopic (exact) mass is 315 g/mol. The first-order chi connectivity index (χ1) is 8.06. The minimum atomic E-state index is -0.255. The molecule has 0 N–H and O–H groups in total. The zero-order chi connectivity index (χ0) is 12.4. The van der Waals surface area contributed by atoms with E-state index in [2.05, 4.69) is 22.0 Å². The van der Waals surface area contributed by atoms with Crippen LogP contribution in [0, 0.1) is 5.82 Å². The molecular weight excluding hydrogens is 305 g/mol. The maximum atomic E-state index is 13.6. The molecule has 1 aliphatic heterocycles. The first-order valence-electron chi connectivity index (χ1n) is 5.27. The minimum Gasteiger partial charge on any atom is -0.368 e. The fraction of sp³-hybridized carbons (Fsp3) is 0.231. The summed E-state index contributed by atoms with van der Waals surface area (Å²) in [6, 6.07) is 4.77. The van der Waals surface area contributed by atoms with Gasteiger partial charge in [0.1, 0.15) is 5.82 Å². The van der Waals surface area contributed by atoms with Crippen LogP contribution in [0.15, 0.2) is 40.5 Å². The number of halogens is 3. The number of allylic oxidation sites excluding steroid dienone is 2. The summed E-state index contributed by atoms with van der Waals surface area (Å²) in [4.78, 5) is 2.03. The highest BCUT2D eigenvalue weighted by Crippen LogP contribution is 2.24. The van der Waals surface area contributed by atoms with E-state index < -0.39 is 0 Å². The molecular formula is C13H12BrClFN. The second-order valence-corrected chi connectivity index (χ2v) is 5.43. The van der Waals surface area contributed by atoms with Crippen molar-refractivity contribution >= 4 is 27.5 Å². The molecule has 0 amide bonds. The van der Waals surface area contributed by atoms with Gasteiger partial charge in [-0.3, -0.25) is 0 Å². The number of rotatable bonds is 2. The molecule has 4 heteroatoms. The maximum Gasteiger partial charge on any atom is 0.129 e. The zero-order valence-corrected chi connectivity index (χ0v) is 11.7. The summed E-state index contributed by atoms with van der Waals surface area (Å²) in [6.45, 7) is 3.32. The van der Waals surface area contributed by atoms with Crippen molar-refractivity contribution in [2.45, 2.75) is 13.5 Å². The van der Waals surface area contributed by atoms with Gasteiger partial charge >= 0.3 is 0 Å². The van der Waals surface area contributed by atoms with Crippen LogP contribution in [0.3, 0.4) is 0 Å². The second kappa shape index (κ2) is 5.23. The summed E-state index contributed by atoms with van der Waals surface area (Å²) in [6.07, 6.45) is 4.01. The van der Waals surface area contributed by atoms with E-state index in [0.29, 0.717) is 17.1 Å². The van der Waals surface area contributed by atoms with E-state index in [0.717, 1.165) is 11.0 Å². The summed E-state index contributed by atoms with van der Waals surface area (Å²) >= 11 is 9.44. The number of benzene rings is 1. The summed E-state index contributed by atoms with van der Waals surface area (Å²) < 4.78 is 14.6. The first-order valence-corrected chi connectivity index (χ1v) is 6.45. The van der Waals surface area contributed by atoms with Crippen molar-refractivity contribution in [2.24, 2.45) is 0 Å². The standard InChI is InChI=1S/C13H12BrClFN/c1-9-5-10(14)7-17(6-9)8-11-12(15)3-2-4-13(11)16/h2-5,7H,6,8H2,1H3. The molecule has 0 radical (unpaired) electrons. The molecule has 0 unspecified atom stereocenters. The third kappa shape index (κ3) is 3.11. The Bertz CT molecular complexity index is 476. The van der Waals surface area contributed by atoms with Gasteiger partial charge in [-0.05, 0) is 41.1 Å². The van der Waals surface area contributed by atoms with Crippen LogP contribution in [0.4, 0.5) is 4.39 Å². The highest BCUT2D eigenvalue weighted by atomic mass is 79.9. The van der Waals surface area contributed by atoms with Crippen molar-refractivity contribution in [1.82, 2.24) is 4.90 Å². The van der Waals surface area contributed by atoms with Crippen LogP contribution in [-0.4, -0.2) is 11.4 Å². The van der Waals surface area contributed by atoms with E-state index in [-0.39, 0.29) is 5.82 Å². The normalized spacial score (nSPS) is 15.6.